The van der Waals surface area contributed by atoms with Crippen LogP contribution >= 0.6 is 12.2 Å². The smallest absolute Gasteiger partial charge is 0.263 e. The highest BCUT2D eigenvalue weighted by molar-refractivity contribution is 7.80. The van der Waals surface area contributed by atoms with Crippen molar-refractivity contribution in [3.63, 3.8) is 0 Å². The Labute approximate surface area is 178 Å². The zero-order valence-electron chi connectivity index (χ0n) is 16.2. The largest absolute Gasteiger partial charge is 0.493 e. The Kier molecular flexibility index (Phi) is 5.49. The van der Waals surface area contributed by atoms with Gasteiger partial charge in [-0.1, -0.05) is 30.3 Å². The third-order valence-corrected chi connectivity index (χ3v) is 4.93. The molecule has 1 saturated heterocycles. The molecule has 2 N–H and O–H groups in total. The number of fused-ring (bicyclic) bond motifs is 1. The molecule has 2 aromatic carbocycles. The van der Waals surface area contributed by atoms with E-state index in [4.69, 9.17) is 21.7 Å². The standard InChI is InChI=1S/C22H19N3O4S/c1-28-18-8-4-5-9-19(18)29-11-10-25-13-14(15-6-2-3-7-17(15)25)12-16-20(26)23-22(30)24-21(16)27/h2-9,12-13H,10-11H2,1H3,(H2,23,24,26,27,30). The van der Waals surface area contributed by atoms with Gasteiger partial charge in [-0.05, 0) is 36.5 Å². The molecule has 3 aromatic rings. The van der Waals surface area contributed by atoms with E-state index in [2.05, 4.69) is 10.6 Å². The van der Waals surface area contributed by atoms with Crippen molar-refractivity contribution in [2.45, 2.75) is 6.54 Å². The molecule has 8 heteroatoms. The number of para-hydroxylation sites is 3. The lowest BCUT2D eigenvalue weighted by Crippen LogP contribution is -2.51. The van der Waals surface area contributed by atoms with Crippen LogP contribution in [-0.4, -0.2) is 35.2 Å². The molecule has 1 aliphatic rings. The van der Waals surface area contributed by atoms with Gasteiger partial charge in [0.2, 0.25) is 0 Å². The van der Waals surface area contributed by atoms with Crippen LogP contribution in [0.1, 0.15) is 5.56 Å². The maximum absolute atomic E-state index is 12.2. The Bertz CT molecular complexity index is 1160. The Balaban J connectivity index is 1.60. The molecule has 0 atom stereocenters. The van der Waals surface area contributed by atoms with Crippen LogP contribution in [0.15, 0.2) is 60.3 Å². The third-order valence-electron chi connectivity index (χ3n) is 4.72. The molecule has 152 valence electrons. The Morgan fingerprint density at radius 2 is 1.67 bits per heavy atom. The summed E-state index contributed by atoms with van der Waals surface area (Å²) in [4.78, 5) is 24.4. The predicted molar refractivity (Wildman–Crippen MR) is 117 cm³/mol. The average Bonchev–Trinajstić information content (AvgIpc) is 3.09. The van der Waals surface area contributed by atoms with Gasteiger partial charge in [-0.2, -0.15) is 0 Å². The van der Waals surface area contributed by atoms with E-state index >= 15 is 0 Å². The number of nitrogens with one attached hydrogen (secondary N) is 2. The average molecular weight is 421 g/mol. The number of benzene rings is 2. The van der Waals surface area contributed by atoms with Gasteiger partial charge < -0.3 is 14.0 Å². The fourth-order valence-corrected chi connectivity index (χ4v) is 3.51. The molecule has 7 nitrogen and oxygen atoms in total. The summed E-state index contributed by atoms with van der Waals surface area (Å²) in [7, 11) is 1.60. The van der Waals surface area contributed by atoms with Crippen molar-refractivity contribution in [2.75, 3.05) is 13.7 Å². The minimum atomic E-state index is -0.514. The number of hydrogen-bond donors (Lipinski definition) is 2. The van der Waals surface area contributed by atoms with Gasteiger partial charge in [0.05, 0.1) is 13.7 Å². The summed E-state index contributed by atoms with van der Waals surface area (Å²) in [5.41, 5.74) is 1.74. The number of rotatable bonds is 6. The number of methoxy groups -OCH3 is 1. The fraction of sp³-hybridized carbons (Fsp3) is 0.136. The van der Waals surface area contributed by atoms with E-state index in [-0.39, 0.29) is 10.7 Å². The summed E-state index contributed by atoms with van der Waals surface area (Å²) >= 11 is 4.85. The Hall–Kier alpha value is -3.65. The Morgan fingerprint density at radius 3 is 2.40 bits per heavy atom. The molecule has 0 unspecified atom stereocenters. The van der Waals surface area contributed by atoms with E-state index < -0.39 is 11.8 Å². The number of amides is 2. The van der Waals surface area contributed by atoms with Crippen LogP contribution in [0.4, 0.5) is 0 Å². The molecular formula is C22H19N3O4S. The molecule has 1 aliphatic heterocycles. The first-order valence-electron chi connectivity index (χ1n) is 9.29. The van der Waals surface area contributed by atoms with Crippen molar-refractivity contribution in [1.29, 1.82) is 0 Å². The lowest BCUT2D eigenvalue weighted by molar-refractivity contribution is -0.123. The van der Waals surface area contributed by atoms with E-state index in [9.17, 15) is 9.59 Å². The summed E-state index contributed by atoms with van der Waals surface area (Å²) in [6, 6.07) is 15.3. The quantitative estimate of drug-likeness (QED) is 0.363. The summed E-state index contributed by atoms with van der Waals surface area (Å²) in [5.74, 6) is 0.318. The first kappa shape index (κ1) is 19.7. The molecule has 0 saturated carbocycles. The van der Waals surface area contributed by atoms with Crippen LogP contribution in [0.2, 0.25) is 0 Å². The van der Waals surface area contributed by atoms with Crippen molar-refractivity contribution in [3.05, 3.63) is 65.9 Å². The van der Waals surface area contributed by atoms with Crippen LogP contribution in [0.5, 0.6) is 11.5 Å². The summed E-state index contributed by atoms with van der Waals surface area (Å²) in [5, 5.41) is 5.84. The van der Waals surface area contributed by atoms with E-state index in [1.54, 1.807) is 13.2 Å². The highest BCUT2D eigenvalue weighted by Gasteiger charge is 2.26. The summed E-state index contributed by atoms with van der Waals surface area (Å²) in [6.07, 6.45) is 3.48. The first-order valence-corrected chi connectivity index (χ1v) is 9.69. The van der Waals surface area contributed by atoms with Gasteiger partial charge in [0.1, 0.15) is 12.2 Å². The number of carbonyl (C=O) groups excluding carboxylic acids is 2. The molecule has 2 heterocycles. The monoisotopic (exact) mass is 421 g/mol. The van der Waals surface area contributed by atoms with Crippen molar-refractivity contribution in [3.8, 4) is 11.5 Å². The first-order chi connectivity index (χ1) is 14.6. The van der Waals surface area contributed by atoms with Crippen molar-refractivity contribution in [1.82, 2.24) is 15.2 Å². The topological polar surface area (TPSA) is 81.6 Å². The lowest BCUT2D eigenvalue weighted by atomic mass is 10.1. The van der Waals surface area contributed by atoms with Gasteiger partial charge in [0.15, 0.2) is 16.6 Å². The molecule has 0 radical (unpaired) electrons. The van der Waals surface area contributed by atoms with Crippen LogP contribution in [-0.2, 0) is 16.1 Å². The molecule has 1 fully saturated rings. The van der Waals surface area contributed by atoms with Crippen LogP contribution in [0.25, 0.3) is 17.0 Å². The second-order valence-electron chi connectivity index (χ2n) is 6.59. The van der Waals surface area contributed by atoms with E-state index in [0.717, 1.165) is 16.5 Å². The zero-order chi connectivity index (χ0) is 21.1. The highest BCUT2D eigenvalue weighted by atomic mass is 32.1. The molecule has 2 amide bonds. The zero-order valence-corrected chi connectivity index (χ0v) is 17.0. The molecule has 0 spiro atoms. The number of carbonyl (C=O) groups is 2. The van der Waals surface area contributed by atoms with Gasteiger partial charge in [-0.3, -0.25) is 20.2 Å². The fourth-order valence-electron chi connectivity index (χ4n) is 3.33. The number of aromatic nitrogens is 1. The molecule has 4 rings (SSSR count). The van der Waals surface area contributed by atoms with E-state index in [1.165, 1.54) is 0 Å². The van der Waals surface area contributed by atoms with Crippen LogP contribution in [0.3, 0.4) is 0 Å². The molecular weight excluding hydrogens is 402 g/mol. The van der Waals surface area contributed by atoms with E-state index in [0.29, 0.717) is 24.7 Å². The van der Waals surface area contributed by atoms with Crippen LogP contribution in [0, 0.1) is 0 Å². The van der Waals surface area contributed by atoms with Crippen LogP contribution < -0.4 is 20.1 Å². The second-order valence-corrected chi connectivity index (χ2v) is 7.00. The van der Waals surface area contributed by atoms with Crippen molar-refractivity contribution >= 4 is 46.1 Å². The van der Waals surface area contributed by atoms with E-state index in [1.807, 2.05) is 59.3 Å². The summed E-state index contributed by atoms with van der Waals surface area (Å²) < 4.78 is 13.2. The van der Waals surface area contributed by atoms with Gasteiger partial charge >= 0.3 is 0 Å². The minimum Gasteiger partial charge on any atom is -0.493 e. The maximum atomic E-state index is 12.2. The number of thiocarbonyl (C=S) groups is 1. The Morgan fingerprint density at radius 1 is 1.00 bits per heavy atom. The number of ether oxygens (including phenoxy) is 2. The SMILES string of the molecule is COc1ccccc1OCCn1cc(C=C2C(=O)NC(=S)NC2=O)c2ccccc21. The number of hydrogen-bond acceptors (Lipinski definition) is 5. The highest BCUT2D eigenvalue weighted by Crippen LogP contribution is 2.27. The van der Waals surface area contributed by atoms with Gasteiger partial charge in [-0.15, -0.1) is 0 Å². The molecule has 0 bridgehead atoms. The lowest BCUT2D eigenvalue weighted by Gasteiger charge is -2.16. The van der Waals surface area contributed by atoms with Crippen molar-refractivity contribution < 1.29 is 19.1 Å². The van der Waals surface area contributed by atoms with Gasteiger partial charge in [0.25, 0.3) is 11.8 Å². The van der Waals surface area contributed by atoms with Gasteiger partial charge in [0, 0.05) is 22.7 Å². The third kappa shape index (κ3) is 3.90. The normalized spacial score (nSPS) is 13.8. The maximum Gasteiger partial charge on any atom is 0.263 e. The minimum absolute atomic E-state index is 0.0109. The summed E-state index contributed by atoms with van der Waals surface area (Å²) in [6.45, 7) is 0.995. The number of nitrogens with zero attached hydrogens (tertiary/aromatic N) is 1. The van der Waals surface area contributed by atoms with Gasteiger partial charge in [-0.25, -0.2) is 0 Å². The molecule has 30 heavy (non-hydrogen) atoms. The molecule has 0 aliphatic carbocycles. The van der Waals surface area contributed by atoms with Crippen molar-refractivity contribution in [2.24, 2.45) is 0 Å². The molecule has 1 aromatic heterocycles. The second kappa shape index (κ2) is 8.38. The predicted octanol–water partition coefficient (Wildman–Crippen LogP) is 2.64.